The van der Waals surface area contributed by atoms with Crippen LogP contribution < -0.4 is 4.90 Å². The number of ether oxygens (including phenoxy) is 1. The van der Waals surface area contributed by atoms with E-state index in [2.05, 4.69) is 0 Å². The normalized spacial score (nSPS) is 16.6. The van der Waals surface area contributed by atoms with Crippen molar-refractivity contribution in [1.82, 2.24) is 0 Å². The summed E-state index contributed by atoms with van der Waals surface area (Å²) in [5.74, 6) is -0.746. The van der Waals surface area contributed by atoms with Gasteiger partial charge in [-0.15, -0.1) is 11.3 Å². The smallest absolute Gasteiger partial charge is 0.437 e. The Morgan fingerprint density at radius 3 is 2.05 bits per heavy atom. The van der Waals surface area contributed by atoms with Gasteiger partial charge in [-0.05, 0) is 47.5 Å². The third kappa shape index (κ3) is 6.29. The van der Waals surface area contributed by atoms with Crippen molar-refractivity contribution in [1.29, 1.82) is 15.8 Å². The van der Waals surface area contributed by atoms with Crippen LogP contribution in [0.3, 0.4) is 0 Å². The summed E-state index contributed by atoms with van der Waals surface area (Å²) in [5.41, 5.74) is -3.24. The van der Waals surface area contributed by atoms with Crippen LogP contribution >= 0.6 is 11.3 Å². The predicted octanol–water partition coefficient (Wildman–Crippen LogP) is 6.46. The summed E-state index contributed by atoms with van der Waals surface area (Å²) >= 11 is 1.30. The third-order valence-electron chi connectivity index (χ3n) is 6.91. The van der Waals surface area contributed by atoms with Gasteiger partial charge in [0.2, 0.25) is 0 Å². The van der Waals surface area contributed by atoms with Gasteiger partial charge in [0.25, 0.3) is 5.60 Å². The third-order valence-corrected chi connectivity index (χ3v) is 7.92. The number of halogens is 3. The Kier molecular flexibility index (Phi) is 9.73. The minimum Gasteiger partial charge on any atom is -0.465 e. The maximum absolute atomic E-state index is 15.0. The average molecular weight is 615 g/mol. The Morgan fingerprint density at radius 1 is 0.909 bits per heavy atom. The molecule has 222 valence electrons. The van der Waals surface area contributed by atoms with Crippen LogP contribution in [-0.4, -0.2) is 36.6 Å². The summed E-state index contributed by atoms with van der Waals surface area (Å²) in [6.07, 6.45) is 1.20. The highest BCUT2D eigenvalue weighted by Gasteiger charge is 2.65. The van der Waals surface area contributed by atoms with Crippen LogP contribution in [0, 0.1) is 34.0 Å². The first-order valence-electron chi connectivity index (χ1n) is 13.2. The monoisotopic (exact) mass is 614 g/mol. The van der Waals surface area contributed by atoms with E-state index < -0.39 is 40.9 Å². The standard InChI is InChI=1S/C33H25F3N4O3S/c1-40(16-17-41)26-9-4-22(5-10-26)6-11-27-12-13-28(44-27)14-15-30-29(20-39)31(24(18-37)19-38)43-32(30,33(34,35)36)25-7-2-23(21-42)3-8-25/h2-15,41-42H,16-17,21H2,1H3. The number of likely N-dealkylation sites (N-methyl/N-ethyl adjacent to an activating group) is 1. The van der Waals surface area contributed by atoms with E-state index in [1.807, 2.05) is 48.4 Å². The van der Waals surface area contributed by atoms with Crippen LogP contribution in [0.15, 0.2) is 89.2 Å². The van der Waals surface area contributed by atoms with Gasteiger partial charge in [-0.2, -0.15) is 29.0 Å². The highest BCUT2D eigenvalue weighted by Crippen LogP contribution is 2.56. The number of nitrogens with zero attached hydrogens (tertiary/aromatic N) is 4. The van der Waals surface area contributed by atoms with Gasteiger partial charge in [0, 0.05) is 40.2 Å². The highest BCUT2D eigenvalue weighted by atomic mass is 32.1. The van der Waals surface area contributed by atoms with Crippen LogP contribution in [0.1, 0.15) is 26.4 Å². The molecule has 0 amide bonds. The zero-order valence-corrected chi connectivity index (χ0v) is 24.2. The lowest BCUT2D eigenvalue weighted by Crippen LogP contribution is -2.43. The second-order valence-electron chi connectivity index (χ2n) is 9.61. The van der Waals surface area contributed by atoms with Crippen LogP contribution in [0.4, 0.5) is 18.9 Å². The largest absolute Gasteiger partial charge is 0.465 e. The maximum Gasteiger partial charge on any atom is 0.437 e. The van der Waals surface area contributed by atoms with Crippen molar-refractivity contribution in [3.05, 3.63) is 116 Å². The van der Waals surface area contributed by atoms with E-state index in [9.17, 15) is 20.9 Å². The van der Waals surface area contributed by atoms with Gasteiger partial charge in [-0.1, -0.05) is 48.6 Å². The molecule has 2 N–H and O–H groups in total. The number of hydrogen-bond donors (Lipinski definition) is 2. The van der Waals surface area contributed by atoms with Gasteiger partial charge in [0.1, 0.15) is 23.8 Å². The van der Waals surface area contributed by atoms with E-state index in [1.54, 1.807) is 18.2 Å². The molecule has 2 heterocycles. The second kappa shape index (κ2) is 13.5. The second-order valence-corrected chi connectivity index (χ2v) is 10.8. The molecule has 0 aliphatic carbocycles. The molecule has 0 fully saturated rings. The lowest BCUT2D eigenvalue weighted by atomic mass is 9.83. The van der Waals surface area contributed by atoms with Crippen molar-refractivity contribution in [2.75, 3.05) is 25.1 Å². The molecule has 44 heavy (non-hydrogen) atoms. The first kappa shape index (κ1) is 31.8. The summed E-state index contributed by atoms with van der Waals surface area (Å²) in [5, 5.41) is 47.3. The van der Waals surface area contributed by atoms with Gasteiger partial charge in [0.15, 0.2) is 11.3 Å². The van der Waals surface area contributed by atoms with E-state index in [0.717, 1.165) is 34.3 Å². The summed E-state index contributed by atoms with van der Waals surface area (Å²) in [7, 11) is 1.88. The Bertz CT molecular complexity index is 1750. The number of anilines is 1. The maximum atomic E-state index is 15.0. The summed E-state index contributed by atoms with van der Waals surface area (Å²) in [4.78, 5) is 3.33. The molecule has 2 aromatic carbocycles. The molecular formula is C33H25F3N4O3S. The summed E-state index contributed by atoms with van der Waals surface area (Å²) in [6, 6.07) is 20.9. The number of nitriles is 3. The first-order valence-corrected chi connectivity index (χ1v) is 14.0. The zero-order chi connectivity index (χ0) is 31.9. The van der Waals surface area contributed by atoms with Crippen molar-refractivity contribution < 1.29 is 28.1 Å². The molecule has 1 atom stereocenters. The lowest BCUT2D eigenvalue weighted by Gasteiger charge is -2.33. The number of alkyl halides is 3. The number of aliphatic hydroxyl groups is 2. The van der Waals surface area contributed by atoms with E-state index >= 15 is 13.2 Å². The molecule has 1 aliphatic rings. The molecule has 0 saturated heterocycles. The lowest BCUT2D eigenvalue weighted by molar-refractivity contribution is -0.249. The fourth-order valence-corrected chi connectivity index (χ4v) is 5.43. The summed E-state index contributed by atoms with van der Waals surface area (Å²) < 4.78 is 50.5. The first-order chi connectivity index (χ1) is 21.1. The van der Waals surface area contributed by atoms with Gasteiger partial charge < -0.3 is 19.8 Å². The molecule has 0 spiro atoms. The Balaban J connectivity index is 1.73. The van der Waals surface area contributed by atoms with Crippen LogP contribution in [0.5, 0.6) is 0 Å². The van der Waals surface area contributed by atoms with E-state index in [4.69, 9.17) is 9.84 Å². The molecule has 1 aliphatic heterocycles. The Hall–Kier alpha value is -5.12. The molecule has 0 radical (unpaired) electrons. The number of hydrogen-bond acceptors (Lipinski definition) is 8. The van der Waals surface area contributed by atoms with Gasteiger partial charge in [-0.25, -0.2) is 0 Å². The van der Waals surface area contributed by atoms with Gasteiger partial charge in [0.05, 0.1) is 13.2 Å². The molecular weight excluding hydrogens is 589 g/mol. The average Bonchev–Trinajstić information content (AvgIpc) is 3.62. The Morgan fingerprint density at radius 2 is 1.52 bits per heavy atom. The predicted molar refractivity (Wildman–Crippen MR) is 161 cm³/mol. The van der Waals surface area contributed by atoms with Crippen LogP contribution in [-0.2, 0) is 16.9 Å². The van der Waals surface area contributed by atoms with Crippen molar-refractivity contribution in [3.8, 4) is 18.2 Å². The van der Waals surface area contributed by atoms with E-state index in [-0.39, 0.29) is 12.2 Å². The van der Waals surface area contributed by atoms with Crippen LogP contribution in [0.25, 0.3) is 18.2 Å². The molecule has 4 rings (SSSR count). The highest BCUT2D eigenvalue weighted by molar-refractivity contribution is 7.13. The molecule has 11 heteroatoms. The number of thiophene rings is 1. The van der Waals surface area contributed by atoms with Crippen molar-refractivity contribution in [2.24, 2.45) is 0 Å². The number of rotatable bonds is 9. The molecule has 7 nitrogen and oxygen atoms in total. The summed E-state index contributed by atoms with van der Waals surface area (Å²) in [6.45, 7) is 0.158. The van der Waals surface area contributed by atoms with Crippen molar-refractivity contribution in [2.45, 2.75) is 18.4 Å². The molecule has 1 aromatic heterocycles. The molecule has 1 unspecified atom stereocenters. The van der Waals surface area contributed by atoms with Crippen LogP contribution in [0.2, 0.25) is 0 Å². The van der Waals surface area contributed by atoms with E-state index in [1.165, 1.54) is 41.7 Å². The van der Waals surface area contributed by atoms with E-state index in [0.29, 0.717) is 17.0 Å². The quantitative estimate of drug-likeness (QED) is 0.265. The fourth-order valence-electron chi connectivity index (χ4n) is 4.62. The number of benzene rings is 2. The SMILES string of the molecule is CN(CCO)c1ccc(C=Cc2ccc(C=CC3=C(C#N)C(=C(C#N)C#N)OC3(c3ccc(CO)cc3)C(F)(F)F)s2)cc1. The molecule has 0 bridgehead atoms. The number of allylic oxidation sites excluding steroid dienone is 2. The molecule has 0 saturated carbocycles. The van der Waals surface area contributed by atoms with Gasteiger partial charge in [-0.3, -0.25) is 0 Å². The minimum absolute atomic E-state index is 0.0446. The minimum atomic E-state index is -5.11. The topological polar surface area (TPSA) is 124 Å². The fraction of sp³-hybridized carbons (Fsp3) is 0.182. The van der Waals surface area contributed by atoms with Crippen molar-refractivity contribution in [3.63, 3.8) is 0 Å². The van der Waals surface area contributed by atoms with Gasteiger partial charge >= 0.3 is 6.18 Å². The zero-order valence-electron chi connectivity index (χ0n) is 23.3. The number of aliphatic hydroxyl groups excluding tert-OH is 2. The molecule has 3 aromatic rings. The Labute approximate surface area is 256 Å². The van der Waals surface area contributed by atoms with Crippen molar-refractivity contribution >= 4 is 35.3 Å².